The number of carboxylic acids is 1. The molecular formula is C21H26O5S. The smallest absolute Gasteiger partial charge is 0.310 e. The Morgan fingerprint density at radius 3 is 2.19 bits per heavy atom. The van der Waals surface area contributed by atoms with Gasteiger partial charge in [0, 0.05) is 5.92 Å². The molecule has 0 amide bonds. The van der Waals surface area contributed by atoms with E-state index in [0.29, 0.717) is 12.4 Å². The van der Waals surface area contributed by atoms with Gasteiger partial charge in [-0.25, -0.2) is 8.42 Å². The number of aliphatic carboxylic acids is 1. The maximum absolute atomic E-state index is 12.5. The molecular weight excluding hydrogens is 364 g/mol. The molecule has 0 aliphatic heterocycles. The molecule has 27 heavy (non-hydrogen) atoms. The number of rotatable bonds is 9. The van der Waals surface area contributed by atoms with Crippen LogP contribution in [0.15, 0.2) is 59.5 Å². The Labute approximate surface area is 160 Å². The van der Waals surface area contributed by atoms with Crippen LogP contribution in [0.5, 0.6) is 5.75 Å². The molecule has 0 saturated carbocycles. The third-order valence-corrected chi connectivity index (χ3v) is 6.62. The molecule has 0 spiro atoms. The van der Waals surface area contributed by atoms with Crippen molar-refractivity contribution in [1.82, 2.24) is 0 Å². The zero-order chi connectivity index (χ0) is 20.1. The SMILES string of the molecule is CCC(COc1ccc(S(=O)(=O)CC(C)(C)C(=O)O)cc1)c1ccccc1. The lowest BCUT2D eigenvalue weighted by Gasteiger charge is -2.19. The molecule has 2 aromatic carbocycles. The van der Waals surface area contributed by atoms with E-state index in [1.165, 1.54) is 31.5 Å². The average Bonchev–Trinajstić information content (AvgIpc) is 2.62. The maximum Gasteiger partial charge on any atom is 0.310 e. The van der Waals surface area contributed by atoms with Crippen molar-refractivity contribution < 1.29 is 23.1 Å². The maximum atomic E-state index is 12.5. The van der Waals surface area contributed by atoms with Gasteiger partial charge in [-0.3, -0.25) is 4.79 Å². The van der Waals surface area contributed by atoms with Crippen LogP contribution in [0, 0.1) is 5.41 Å². The van der Waals surface area contributed by atoms with Gasteiger partial charge in [-0.2, -0.15) is 0 Å². The molecule has 1 unspecified atom stereocenters. The Hall–Kier alpha value is -2.34. The summed E-state index contributed by atoms with van der Waals surface area (Å²) in [4.78, 5) is 11.3. The fourth-order valence-corrected chi connectivity index (χ4v) is 4.53. The Morgan fingerprint density at radius 1 is 1.07 bits per heavy atom. The second kappa shape index (κ2) is 8.57. The molecule has 0 heterocycles. The van der Waals surface area contributed by atoms with Crippen molar-refractivity contribution >= 4 is 15.8 Å². The minimum atomic E-state index is -3.70. The number of carbonyl (C=O) groups is 1. The van der Waals surface area contributed by atoms with Crippen molar-refractivity contribution in [3.05, 3.63) is 60.2 Å². The van der Waals surface area contributed by atoms with Gasteiger partial charge < -0.3 is 9.84 Å². The van der Waals surface area contributed by atoms with Crippen LogP contribution in [0.4, 0.5) is 0 Å². The topological polar surface area (TPSA) is 80.7 Å². The van der Waals surface area contributed by atoms with E-state index >= 15 is 0 Å². The van der Waals surface area contributed by atoms with Crippen molar-refractivity contribution in [2.75, 3.05) is 12.4 Å². The fraction of sp³-hybridized carbons (Fsp3) is 0.381. The van der Waals surface area contributed by atoms with Crippen LogP contribution >= 0.6 is 0 Å². The number of hydrogen-bond donors (Lipinski definition) is 1. The number of sulfone groups is 1. The highest BCUT2D eigenvalue weighted by molar-refractivity contribution is 7.91. The molecule has 0 radical (unpaired) electrons. The van der Waals surface area contributed by atoms with E-state index in [9.17, 15) is 13.2 Å². The molecule has 0 aromatic heterocycles. The molecule has 0 fully saturated rings. The highest BCUT2D eigenvalue weighted by Crippen LogP contribution is 2.26. The predicted molar refractivity (Wildman–Crippen MR) is 105 cm³/mol. The summed E-state index contributed by atoms with van der Waals surface area (Å²) < 4.78 is 30.7. The normalized spacial score (nSPS) is 13.1. The summed E-state index contributed by atoms with van der Waals surface area (Å²) in [5, 5.41) is 9.15. The van der Waals surface area contributed by atoms with Gasteiger partial charge >= 0.3 is 5.97 Å². The summed E-state index contributed by atoms with van der Waals surface area (Å²) in [6, 6.07) is 16.2. The number of carboxylic acid groups (broad SMARTS) is 1. The first kappa shape index (κ1) is 21.0. The van der Waals surface area contributed by atoms with Crippen molar-refractivity contribution in [1.29, 1.82) is 0 Å². The van der Waals surface area contributed by atoms with Crippen molar-refractivity contribution in [3.8, 4) is 5.75 Å². The number of ether oxygens (including phenoxy) is 1. The molecule has 2 aromatic rings. The molecule has 0 saturated heterocycles. The molecule has 0 aliphatic rings. The molecule has 2 rings (SSSR count). The van der Waals surface area contributed by atoms with Gasteiger partial charge in [0.25, 0.3) is 0 Å². The molecule has 1 atom stereocenters. The van der Waals surface area contributed by atoms with Gasteiger partial charge in [-0.1, -0.05) is 37.3 Å². The van der Waals surface area contributed by atoms with Gasteiger partial charge in [0.15, 0.2) is 9.84 Å². The lowest BCUT2D eigenvalue weighted by atomic mass is 9.97. The van der Waals surface area contributed by atoms with Crippen molar-refractivity contribution in [2.45, 2.75) is 38.0 Å². The first-order valence-corrected chi connectivity index (χ1v) is 10.5. The van der Waals surface area contributed by atoms with E-state index in [-0.39, 0.29) is 10.8 Å². The van der Waals surface area contributed by atoms with E-state index < -0.39 is 27.0 Å². The fourth-order valence-electron chi connectivity index (χ4n) is 2.74. The van der Waals surface area contributed by atoms with E-state index in [0.717, 1.165) is 6.42 Å². The summed E-state index contributed by atoms with van der Waals surface area (Å²) in [6.45, 7) is 5.40. The van der Waals surface area contributed by atoms with Gasteiger partial charge in [-0.15, -0.1) is 0 Å². The second-order valence-corrected chi connectivity index (χ2v) is 9.24. The van der Waals surface area contributed by atoms with E-state index in [1.54, 1.807) is 12.1 Å². The van der Waals surface area contributed by atoms with Crippen molar-refractivity contribution in [2.24, 2.45) is 5.41 Å². The Bertz CT molecular complexity index is 855. The minimum absolute atomic E-state index is 0.0966. The third-order valence-electron chi connectivity index (χ3n) is 4.53. The van der Waals surface area contributed by atoms with Gasteiger partial charge in [-0.05, 0) is 50.1 Å². The first-order valence-electron chi connectivity index (χ1n) is 8.89. The summed E-state index contributed by atoms with van der Waals surface area (Å²) >= 11 is 0. The highest BCUT2D eigenvalue weighted by Gasteiger charge is 2.34. The summed E-state index contributed by atoms with van der Waals surface area (Å²) in [7, 11) is -3.70. The zero-order valence-electron chi connectivity index (χ0n) is 15.9. The third kappa shape index (κ3) is 5.57. The Kier molecular flexibility index (Phi) is 6.65. The van der Waals surface area contributed by atoms with E-state index in [2.05, 4.69) is 19.1 Å². The van der Waals surface area contributed by atoms with Crippen LogP contribution < -0.4 is 4.74 Å². The Balaban J connectivity index is 2.05. The average molecular weight is 391 g/mol. The molecule has 0 aliphatic carbocycles. The first-order chi connectivity index (χ1) is 12.7. The molecule has 5 nitrogen and oxygen atoms in total. The van der Waals surface area contributed by atoms with Crippen LogP contribution in [0.1, 0.15) is 38.7 Å². The van der Waals surface area contributed by atoms with Gasteiger partial charge in [0.2, 0.25) is 0 Å². The van der Waals surface area contributed by atoms with Crippen molar-refractivity contribution in [3.63, 3.8) is 0 Å². The molecule has 6 heteroatoms. The highest BCUT2D eigenvalue weighted by atomic mass is 32.2. The van der Waals surface area contributed by atoms with Crippen LogP contribution in [-0.4, -0.2) is 31.9 Å². The van der Waals surface area contributed by atoms with E-state index in [4.69, 9.17) is 9.84 Å². The van der Waals surface area contributed by atoms with Crippen LogP contribution in [-0.2, 0) is 14.6 Å². The molecule has 1 N–H and O–H groups in total. The van der Waals surface area contributed by atoms with Gasteiger partial charge in [0.1, 0.15) is 5.75 Å². The molecule has 0 bridgehead atoms. The second-order valence-electron chi connectivity index (χ2n) is 7.25. The summed E-state index contributed by atoms with van der Waals surface area (Å²) in [5.41, 5.74) is -0.145. The lowest BCUT2D eigenvalue weighted by molar-refractivity contribution is -0.145. The van der Waals surface area contributed by atoms with Crippen LogP contribution in [0.3, 0.4) is 0 Å². The minimum Gasteiger partial charge on any atom is -0.493 e. The largest absolute Gasteiger partial charge is 0.493 e. The monoisotopic (exact) mass is 390 g/mol. The van der Waals surface area contributed by atoms with E-state index in [1.807, 2.05) is 18.2 Å². The van der Waals surface area contributed by atoms with Gasteiger partial charge in [0.05, 0.1) is 22.7 Å². The lowest BCUT2D eigenvalue weighted by Crippen LogP contribution is -2.32. The van der Waals surface area contributed by atoms with Crippen LogP contribution in [0.25, 0.3) is 0 Å². The zero-order valence-corrected chi connectivity index (χ0v) is 16.7. The summed E-state index contributed by atoms with van der Waals surface area (Å²) in [5.74, 6) is -0.758. The summed E-state index contributed by atoms with van der Waals surface area (Å²) in [6.07, 6.45) is 0.931. The quantitative estimate of drug-likeness (QED) is 0.696. The number of benzene rings is 2. The van der Waals surface area contributed by atoms with Crippen LogP contribution in [0.2, 0.25) is 0 Å². The standard InChI is InChI=1S/C21H26O5S/c1-4-16(17-8-6-5-7-9-17)14-26-18-10-12-19(13-11-18)27(24,25)15-21(2,3)20(22)23/h5-13,16H,4,14-15H2,1-3H3,(H,22,23). The number of hydrogen-bond acceptors (Lipinski definition) is 4. The molecule has 146 valence electrons. The Morgan fingerprint density at radius 2 is 1.67 bits per heavy atom. The predicted octanol–water partition coefficient (Wildman–Crippen LogP) is 4.14.